The van der Waals surface area contributed by atoms with E-state index in [4.69, 9.17) is 42.1 Å². The topological polar surface area (TPSA) is 108 Å². The van der Waals surface area contributed by atoms with Gasteiger partial charge in [0.25, 0.3) is 5.91 Å². The Labute approximate surface area is 214 Å². The van der Waals surface area contributed by atoms with Gasteiger partial charge in [0, 0.05) is 11.1 Å². The van der Waals surface area contributed by atoms with Crippen LogP contribution in [0, 0.1) is 0 Å². The second kappa shape index (κ2) is 13.7. The fourth-order valence-electron chi connectivity index (χ4n) is 3.02. The molecule has 0 radical (unpaired) electrons. The molecule has 0 aliphatic rings. The van der Waals surface area contributed by atoms with Crippen LogP contribution >= 0.6 is 23.2 Å². The number of hydrogen-bond acceptors (Lipinski definition) is 8. The zero-order valence-corrected chi connectivity index (χ0v) is 21.8. The average Bonchev–Trinajstić information content (AvgIpc) is 2.80. The first kappa shape index (κ1) is 28.2. The van der Waals surface area contributed by atoms with Gasteiger partial charge in [0.1, 0.15) is 11.4 Å². The molecular weight excluding hydrogens is 497 g/mol. The van der Waals surface area contributed by atoms with Gasteiger partial charge in [0.15, 0.2) is 28.8 Å². The van der Waals surface area contributed by atoms with Crippen LogP contribution < -0.4 is 24.3 Å². The molecule has 0 spiro atoms. The fourth-order valence-corrected chi connectivity index (χ4v) is 3.42. The Morgan fingerprint density at radius 3 is 2.09 bits per heavy atom. The van der Waals surface area contributed by atoms with Crippen LogP contribution in [0.4, 0.5) is 11.4 Å². The van der Waals surface area contributed by atoms with Crippen molar-refractivity contribution in [1.29, 1.82) is 0 Å². The lowest BCUT2D eigenvalue weighted by Gasteiger charge is -2.18. The first-order valence-electron chi connectivity index (χ1n) is 11.2. The van der Waals surface area contributed by atoms with Gasteiger partial charge in [-0.15, -0.1) is 0 Å². The van der Waals surface area contributed by atoms with E-state index >= 15 is 0 Å². The third kappa shape index (κ3) is 7.47. The predicted molar refractivity (Wildman–Crippen MR) is 135 cm³/mol. The summed E-state index contributed by atoms with van der Waals surface area (Å²) in [5, 5.41) is 11.3. The van der Waals surface area contributed by atoms with Crippen molar-refractivity contribution in [3.8, 4) is 23.0 Å². The lowest BCUT2D eigenvalue weighted by molar-refractivity contribution is -0.126. The number of benzene rings is 2. The monoisotopic (exact) mass is 525 g/mol. The van der Waals surface area contributed by atoms with Gasteiger partial charge in [0.05, 0.1) is 31.5 Å². The maximum atomic E-state index is 13.1. The van der Waals surface area contributed by atoms with Gasteiger partial charge in [-0.3, -0.25) is 9.59 Å². The molecule has 35 heavy (non-hydrogen) atoms. The number of azo groups is 1. The van der Waals surface area contributed by atoms with E-state index in [0.29, 0.717) is 48.7 Å². The standard InChI is InChI=1S/C24H29Cl2N3O6/c1-6-32-18-11-10-16(26)21(23(18)35-9-4)27-24(31)20(14(5)30)29-28-17-12-15(25)13-19(33-7-2)22(17)34-8-3/h10-13,20H,6-9H2,1-5H3,(H,27,31). The highest BCUT2D eigenvalue weighted by atomic mass is 35.5. The number of ketones is 1. The number of nitrogens with one attached hydrogen (secondary N) is 1. The number of amides is 1. The average molecular weight is 526 g/mol. The van der Waals surface area contributed by atoms with Gasteiger partial charge >= 0.3 is 0 Å². The van der Waals surface area contributed by atoms with Crippen molar-refractivity contribution in [2.45, 2.75) is 40.7 Å². The Hall–Kier alpha value is -3.04. The van der Waals surface area contributed by atoms with Crippen LogP contribution in [-0.4, -0.2) is 44.2 Å². The van der Waals surface area contributed by atoms with Gasteiger partial charge in [-0.25, -0.2) is 0 Å². The molecule has 0 heterocycles. The molecule has 190 valence electrons. The van der Waals surface area contributed by atoms with E-state index in [9.17, 15) is 9.59 Å². The molecule has 2 aromatic rings. The predicted octanol–water partition coefficient (Wildman–Crippen LogP) is 6.27. The molecular formula is C24H29Cl2N3O6. The van der Waals surface area contributed by atoms with Crippen LogP contribution in [-0.2, 0) is 9.59 Å². The SMILES string of the molecule is CCOc1cc(Cl)cc(N=NC(C(C)=O)C(=O)Nc2c(Cl)ccc(OCC)c2OCC)c1OCC. The van der Waals surface area contributed by atoms with Crippen molar-refractivity contribution in [2.24, 2.45) is 10.2 Å². The zero-order chi connectivity index (χ0) is 26.0. The summed E-state index contributed by atoms with van der Waals surface area (Å²) in [6, 6.07) is 4.82. The largest absolute Gasteiger partial charge is 0.490 e. The molecule has 2 rings (SSSR count). The normalized spacial score (nSPS) is 11.7. The molecule has 11 heteroatoms. The minimum absolute atomic E-state index is 0.169. The highest BCUT2D eigenvalue weighted by molar-refractivity contribution is 6.34. The number of halogens is 2. The quantitative estimate of drug-likeness (QED) is 0.244. The van der Waals surface area contributed by atoms with Crippen LogP contribution in [0.25, 0.3) is 0 Å². The summed E-state index contributed by atoms with van der Waals surface area (Å²) < 4.78 is 22.5. The van der Waals surface area contributed by atoms with E-state index < -0.39 is 17.7 Å². The van der Waals surface area contributed by atoms with E-state index in [1.54, 1.807) is 32.0 Å². The number of carbonyl (C=O) groups is 2. The molecule has 0 aromatic heterocycles. The third-order valence-corrected chi connectivity index (χ3v) is 4.94. The Morgan fingerprint density at radius 2 is 1.49 bits per heavy atom. The van der Waals surface area contributed by atoms with E-state index in [2.05, 4.69) is 15.5 Å². The molecule has 0 saturated carbocycles. The van der Waals surface area contributed by atoms with Gasteiger partial charge in [-0.1, -0.05) is 23.2 Å². The highest BCUT2D eigenvalue weighted by Crippen LogP contribution is 2.42. The van der Waals surface area contributed by atoms with E-state index in [1.807, 2.05) is 13.8 Å². The Balaban J connectivity index is 2.43. The molecule has 0 saturated heterocycles. The van der Waals surface area contributed by atoms with Crippen LogP contribution in [0.5, 0.6) is 23.0 Å². The molecule has 0 bridgehead atoms. The van der Waals surface area contributed by atoms with Crippen molar-refractivity contribution >= 4 is 46.3 Å². The third-order valence-electron chi connectivity index (χ3n) is 4.41. The molecule has 1 unspecified atom stereocenters. The molecule has 2 aromatic carbocycles. The minimum Gasteiger partial charge on any atom is -0.490 e. The summed E-state index contributed by atoms with van der Waals surface area (Å²) in [4.78, 5) is 25.4. The molecule has 9 nitrogen and oxygen atoms in total. The summed E-state index contributed by atoms with van der Waals surface area (Å²) in [5.74, 6) is 0.0500. The molecule has 0 fully saturated rings. The second-order valence-corrected chi connectivity index (χ2v) is 7.80. The molecule has 1 amide bonds. The van der Waals surface area contributed by atoms with E-state index in [-0.39, 0.29) is 22.1 Å². The van der Waals surface area contributed by atoms with Gasteiger partial charge in [-0.05, 0) is 52.8 Å². The van der Waals surface area contributed by atoms with Crippen LogP contribution in [0.3, 0.4) is 0 Å². The van der Waals surface area contributed by atoms with E-state index in [0.717, 1.165) is 0 Å². The number of hydrogen-bond donors (Lipinski definition) is 1. The van der Waals surface area contributed by atoms with E-state index in [1.165, 1.54) is 13.0 Å². The van der Waals surface area contributed by atoms with Crippen molar-refractivity contribution < 1.29 is 28.5 Å². The Bertz CT molecular complexity index is 1080. The second-order valence-electron chi connectivity index (χ2n) is 6.95. The number of ether oxygens (including phenoxy) is 4. The first-order valence-corrected chi connectivity index (χ1v) is 11.9. The molecule has 1 N–H and O–H groups in total. The van der Waals surface area contributed by atoms with Crippen molar-refractivity contribution in [2.75, 3.05) is 31.7 Å². The maximum absolute atomic E-state index is 13.1. The molecule has 0 aliphatic carbocycles. The summed E-state index contributed by atoms with van der Waals surface area (Å²) in [6.07, 6.45) is 0. The Morgan fingerprint density at radius 1 is 0.886 bits per heavy atom. The summed E-state index contributed by atoms with van der Waals surface area (Å²) in [7, 11) is 0. The van der Waals surface area contributed by atoms with Gasteiger partial charge in [-0.2, -0.15) is 10.2 Å². The van der Waals surface area contributed by atoms with Crippen molar-refractivity contribution in [1.82, 2.24) is 0 Å². The number of carbonyl (C=O) groups excluding carboxylic acids is 2. The van der Waals surface area contributed by atoms with Gasteiger partial charge in [0.2, 0.25) is 6.04 Å². The number of anilines is 1. The zero-order valence-electron chi connectivity index (χ0n) is 20.3. The number of nitrogens with zero attached hydrogens (tertiary/aromatic N) is 2. The molecule has 1 atom stereocenters. The van der Waals surface area contributed by atoms with Crippen LogP contribution in [0.2, 0.25) is 10.0 Å². The lowest BCUT2D eigenvalue weighted by atomic mass is 10.2. The van der Waals surface area contributed by atoms with Gasteiger partial charge < -0.3 is 24.3 Å². The summed E-state index contributed by atoms with van der Waals surface area (Å²) >= 11 is 12.5. The molecule has 0 aliphatic heterocycles. The maximum Gasteiger partial charge on any atom is 0.258 e. The van der Waals surface area contributed by atoms with Crippen molar-refractivity contribution in [3.63, 3.8) is 0 Å². The van der Waals surface area contributed by atoms with Crippen LogP contribution in [0.1, 0.15) is 34.6 Å². The fraction of sp³-hybridized carbons (Fsp3) is 0.417. The smallest absolute Gasteiger partial charge is 0.258 e. The van der Waals surface area contributed by atoms with Crippen LogP contribution in [0.15, 0.2) is 34.5 Å². The van der Waals surface area contributed by atoms with Crippen molar-refractivity contribution in [3.05, 3.63) is 34.3 Å². The number of rotatable bonds is 13. The highest BCUT2D eigenvalue weighted by Gasteiger charge is 2.27. The Kier molecular flexibility index (Phi) is 11.1. The minimum atomic E-state index is -1.47. The lowest BCUT2D eigenvalue weighted by Crippen LogP contribution is -2.32. The summed E-state index contributed by atoms with van der Waals surface area (Å²) in [6.45, 7) is 9.84. The summed E-state index contributed by atoms with van der Waals surface area (Å²) in [5.41, 5.74) is 0.385. The number of Topliss-reactive ketones (excluding diaryl/α,β-unsaturated/α-hetero) is 1. The first-order chi connectivity index (χ1) is 16.8.